The molecule has 2 rings (SSSR count). The fraction of sp³-hybridized carbons (Fsp3) is 0.545. The third kappa shape index (κ3) is 8.78. The molecule has 2 aromatic rings. The quantitative estimate of drug-likeness (QED) is 0.322. The second-order valence-electron chi connectivity index (χ2n) is 7.13. The van der Waals surface area contributed by atoms with E-state index in [0.717, 1.165) is 19.3 Å². The van der Waals surface area contributed by atoms with Gasteiger partial charge in [0.25, 0.3) is 11.8 Å². The third-order valence-corrected chi connectivity index (χ3v) is 4.59. The highest BCUT2D eigenvalue weighted by Gasteiger charge is 2.16. The molecule has 0 atom stereocenters. The van der Waals surface area contributed by atoms with Crippen molar-refractivity contribution in [3.8, 4) is 11.4 Å². The molecule has 1 aromatic carbocycles. The first-order chi connectivity index (χ1) is 16.1. The predicted molar refractivity (Wildman–Crippen MR) is 120 cm³/mol. The smallest absolute Gasteiger partial charge is 0.273 e. The number of alkyl halides is 1. The largest absolute Gasteiger partial charge is 0.491 e. The number of aromatic nitrogens is 3. The Balaban J connectivity index is 2.10. The Hall–Kier alpha value is -3.05. The highest BCUT2D eigenvalue weighted by Crippen LogP contribution is 2.25. The van der Waals surface area contributed by atoms with Crippen molar-refractivity contribution in [2.24, 2.45) is 0 Å². The molecule has 33 heavy (non-hydrogen) atoms. The molecule has 2 amide bonds. The van der Waals surface area contributed by atoms with Crippen molar-refractivity contribution in [2.45, 2.75) is 32.6 Å². The minimum atomic E-state index is -0.414. The van der Waals surface area contributed by atoms with Crippen LogP contribution >= 0.6 is 0 Å². The molecule has 11 heteroatoms. The average molecular weight is 466 g/mol. The van der Waals surface area contributed by atoms with E-state index in [2.05, 4.69) is 20.9 Å². The molecule has 0 aliphatic carbocycles. The Morgan fingerprint density at radius 2 is 1.91 bits per heavy atom. The summed E-state index contributed by atoms with van der Waals surface area (Å²) < 4.78 is 24.7. The second-order valence-corrected chi connectivity index (χ2v) is 7.13. The first-order valence-corrected chi connectivity index (χ1v) is 11.1. The zero-order valence-corrected chi connectivity index (χ0v) is 18.9. The van der Waals surface area contributed by atoms with Crippen molar-refractivity contribution in [1.29, 1.82) is 0 Å². The maximum Gasteiger partial charge on any atom is 0.273 e. The number of aliphatic hydroxyl groups is 1. The molecular weight excluding hydrogens is 433 g/mol. The Labute approximate surface area is 192 Å². The number of unbranched alkanes of at least 4 members (excludes halogenated alkanes) is 3. The van der Waals surface area contributed by atoms with Gasteiger partial charge in [-0.3, -0.25) is 14.0 Å². The standard InChI is InChI=1S/C22H32FN5O5/c1-2-24-21(30)17-7-8-19(20(15-17)33-12-6-4-3-5-9-23)28-16-18(26-27-28)22(31)25-10-13-32-14-11-29/h7-8,15-16,29H,2-6,9-14H2,1H3,(H,24,30)(H,25,31). The first-order valence-electron chi connectivity index (χ1n) is 11.1. The Kier molecular flexibility index (Phi) is 11.8. The van der Waals surface area contributed by atoms with E-state index in [1.807, 2.05) is 6.92 Å². The van der Waals surface area contributed by atoms with Gasteiger partial charge in [0.15, 0.2) is 5.69 Å². The number of carbonyl (C=O) groups is 2. The van der Waals surface area contributed by atoms with Gasteiger partial charge >= 0.3 is 0 Å². The van der Waals surface area contributed by atoms with E-state index in [1.165, 1.54) is 10.9 Å². The van der Waals surface area contributed by atoms with Crippen molar-refractivity contribution >= 4 is 11.8 Å². The minimum Gasteiger partial charge on any atom is -0.491 e. The van der Waals surface area contributed by atoms with Crippen LogP contribution in [0.1, 0.15) is 53.5 Å². The molecule has 1 aromatic heterocycles. The van der Waals surface area contributed by atoms with E-state index < -0.39 is 5.91 Å². The number of ether oxygens (including phenoxy) is 2. The summed E-state index contributed by atoms with van der Waals surface area (Å²) in [7, 11) is 0. The van der Waals surface area contributed by atoms with E-state index in [0.29, 0.717) is 36.6 Å². The van der Waals surface area contributed by atoms with Crippen LogP contribution in [-0.4, -0.2) is 78.1 Å². The van der Waals surface area contributed by atoms with E-state index in [-0.39, 0.29) is 44.6 Å². The number of rotatable bonds is 16. The fourth-order valence-electron chi connectivity index (χ4n) is 2.93. The van der Waals surface area contributed by atoms with E-state index >= 15 is 0 Å². The molecular formula is C22H32FN5O5. The van der Waals surface area contributed by atoms with E-state index in [9.17, 15) is 14.0 Å². The van der Waals surface area contributed by atoms with Gasteiger partial charge in [-0.2, -0.15) is 0 Å². The molecule has 0 unspecified atom stereocenters. The lowest BCUT2D eigenvalue weighted by molar-refractivity contribution is 0.0835. The number of halogens is 1. The van der Waals surface area contributed by atoms with Crippen LogP contribution in [0.4, 0.5) is 4.39 Å². The molecule has 0 aliphatic rings. The normalized spacial score (nSPS) is 10.8. The topological polar surface area (TPSA) is 128 Å². The summed E-state index contributed by atoms with van der Waals surface area (Å²) >= 11 is 0. The molecule has 3 N–H and O–H groups in total. The molecule has 0 saturated heterocycles. The van der Waals surface area contributed by atoms with Crippen LogP contribution in [0.2, 0.25) is 0 Å². The molecule has 1 heterocycles. The van der Waals surface area contributed by atoms with Crippen LogP contribution in [0.15, 0.2) is 24.4 Å². The lowest BCUT2D eigenvalue weighted by atomic mass is 10.1. The van der Waals surface area contributed by atoms with Gasteiger partial charge in [0, 0.05) is 18.7 Å². The molecule has 10 nitrogen and oxygen atoms in total. The lowest BCUT2D eigenvalue weighted by Crippen LogP contribution is -2.27. The first kappa shape index (κ1) is 26.2. The summed E-state index contributed by atoms with van der Waals surface area (Å²) in [6, 6.07) is 4.96. The van der Waals surface area contributed by atoms with Gasteiger partial charge in [-0.25, -0.2) is 4.68 Å². The van der Waals surface area contributed by atoms with E-state index in [4.69, 9.17) is 14.6 Å². The second kappa shape index (κ2) is 14.9. The van der Waals surface area contributed by atoms with Crippen molar-refractivity contribution in [2.75, 3.05) is 46.2 Å². The summed E-state index contributed by atoms with van der Waals surface area (Å²) in [6.07, 6.45) is 4.38. The van der Waals surface area contributed by atoms with Gasteiger partial charge < -0.3 is 25.2 Å². The highest BCUT2D eigenvalue weighted by molar-refractivity contribution is 5.95. The zero-order chi connectivity index (χ0) is 23.9. The van der Waals surface area contributed by atoms with Gasteiger partial charge in [0.1, 0.15) is 11.4 Å². The SMILES string of the molecule is CCNC(=O)c1ccc(-n2cc(C(=O)NCCOCCO)nn2)c(OCCCCCCF)c1. The van der Waals surface area contributed by atoms with Crippen molar-refractivity contribution in [3.63, 3.8) is 0 Å². The van der Waals surface area contributed by atoms with Gasteiger partial charge in [-0.1, -0.05) is 11.6 Å². The Bertz CT molecular complexity index is 877. The highest BCUT2D eigenvalue weighted by atomic mass is 19.1. The lowest BCUT2D eigenvalue weighted by Gasteiger charge is -2.13. The summed E-state index contributed by atoms with van der Waals surface area (Å²) in [5, 5.41) is 22.0. The van der Waals surface area contributed by atoms with Gasteiger partial charge in [0.2, 0.25) is 0 Å². The number of amides is 2. The van der Waals surface area contributed by atoms with Gasteiger partial charge in [0.05, 0.1) is 39.3 Å². The number of aliphatic hydroxyl groups excluding tert-OH is 1. The number of carbonyl (C=O) groups excluding carboxylic acids is 2. The molecule has 182 valence electrons. The van der Waals surface area contributed by atoms with Gasteiger partial charge in [-0.05, 0) is 44.4 Å². The molecule has 0 bridgehead atoms. The predicted octanol–water partition coefficient (Wildman–Crippen LogP) is 1.66. The minimum absolute atomic E-state index is 0.0802. The van der Waals surface area contributed by atoms with Crippen LogP contribution in [0.5, 0.6) is 5.75 Å². The van der Waals surface area contributed by atoms with Crippen molar-refractivity contribution in [1.82, 2.24) is 25.6 Å². The van der Waals surface area contributed by atoms with Gasteiger partial charge in [-0.15, -0.1) is 5.10 Å². The average Bonchev–Trinajstić information content (AvgIpc) is 3.31. The van der Waals surface area contributed by atoms with Crippen LogP contribution in [-0.2, 0) is 4.74 Å². The molecule has 0 radical (unpaired) electrons. The van der Waals surface area contributed by atoms with Crippen molar-refractivity contribution in [3.05, 3.63) is 35.7 Å². The number of hydrogen-bond acceptors (Lipinski definition) is 7. The number of nitrogens with zero attached hydrogens (tertiary/aromatic N) is 3. The van der Waals surface area contributed by atoms with Crippen LogP contribution in [0, 0.1) is 0 Å². The molecule has 0 saturated carbocycles. The maximum absolute atomic E-state index is 12.3. The monoisotopic (exact) mass is 465 g/mol. The Morgan fingerprint density at radius 1 is 1.09 bits per heavy atom. The molecule has 0 aliphatic heterocycles. The van der Waals surface area contributed by atoms with Crippen LogP contribution in [0.25, 0.3) is 5.69 Å². The number of hydrogen-bond donors (Lipinski definition) is 3. The van der Waals surface area contributed by atoms with Crippen LogP contribution < -0.4 is 15.4 Å². The summed E-state index contributed by atoms with van der Waals surface area (Å²) in [5.74, 6) is -0.208. The summed E-state index contributed by atoms with van der Waals surface area (Å²) in [5.41, 5.74) is 1.08. The third-order valence-electron chi connectivity index (χ3n) is 4.59. The number of benzene rings is 1. The van der Waals surface area contributed by atoms with E-state index in [1.54, 1.807) is 18.2 Å². The van der Waals surface area contributed by atoms with Crippen LogP contribution in [0.3, 0.4) is 0 Å². The summed E-state index contributed by atoms with van der Waals surface area (Å²) in [4.78, 5) is 24.5. The molecule has 0 spiro atoms. The maximum atomic E-state index is 12.3. The molecule has 0 fully saturated rings. The zero-order valence-electron chi connectivity index (χ0n) is 18.9. The fourth-order valence-corrected chi connectivity index (χ4v) is 2.93. The van der Waals surface area contributed by atoms with Crippen molar-refractivity contribution < 1.29 is 28.6 Å². The summed E-state index contributed by atoms with van der Waals surface area (Å²) in [6.45, 7) is 3.07. The Morgan fingerprint density at radius 3 is 2.67 bits per heavy atom. The number of nitrogens with one attached hydrogen (secondary N) is 2.